The van der Waals surface area contributed by atoms with Gasteiger partial charge in [-0.3, -0.25) is 33.6 Å². The molecule has 4 aliphatic heterocycles. The Labute approximate surface area is 684 Å². The number of Topliss-reactive ketones (excluding diaryl/α,β-unsaturated/α-hetero) is 1. The first-order valence-electron chi connectivity index (χ1n) is 43.0. The summed E-state index contributed by atoms with van der Waals surface area (Å²) in [5.74, 6) is -3.47. The lowest BCUT2D eigenvalue weighted by Crippen LogP contribution is -2.47. The van der Waals surface area contributed by atoms with E-state index in [4.69, 9.17) is 4.74 Å². The van der Waals surface area contributed by atoms with E-state index in [1.54, 1.807) is 26.8 Å². The molecule has 0 radical (unpaired) electrons. The Morgan fingerprint density at radius 2 is 0.739 bits per heavy atom. The van der Waals surface area contributed by atoms with Crippen molar-refractivity contribution in [2.75, 3.05) is 59.5 Å². The lowest BCUT2D eigenvalue weighted by Gasteiger charge is -2.42. The Bertz CT molecular complexity index is 3670. The molecule has 6 amide bonds. The van der Waals surface area contributed by atoms with Crippen LogP contribution in [-0.4, -0.2) is 149 Å². The number of nitrogens with one attached hydrogen (secondary N) is 3. The summed E-state index contributed by atoms with van der Waals surface area (Å²) in [4.78, 5) is 97.1. The second-order valence-corrected chi connectivity index (χ2v) is 41.2. The Morgan fingerprint density at radius 3 is 1.06 bits per heavy atom. The van der Waals surface area contributed by atoms with E-state index >= 15 is 4.39 Å². The number of halogens is 6. The Hall–Kier alpha value is -6.61. The number of allylic oxidation sites excluding steroid dienone is 1. The number of benzene rings is 3. The van der Waals surface area contributed by atoms with E-state index in [0.717, 1.165) is 127 Å². The van der Waals surface area contributed by atoms with E-state index < -0.39 is 46.7 Å². The lowest BCUT2D eigenvalue weighted by molar-refractivity contribution is -0.138. The zero-order valence-electron chi connectivity index (χ0n) is 73.1. The van der Waals surface area contributed by atoms with Crippen molar-refractivity contribution < 1.29 is 64.6 Å². The monoisotopic (exact) mass is 1610 g/mol. The van der Waals surface area contributed by atoms with Crippen LogP contribution in [0.25, 0.3) is 0 Å². The highest BCUT2D eigenvalue weighted by Gasteiger charge is 2.49. The maximum Gasteiger partial charge on any atom is 0.226 e. The third kappa shape index (κ3) is 27.7. The molecule has 3 saturated carbocycles. The molecule has 7 aliphatic rings. The molecule has 642 valence electrons. The number of piperidine rings is 3. The summed E-state index contributed by atoms with van der Waals surface area (Å²) in [7, 11) is 2.13. The van der Waals surface area contributed by atoms with Crippen LogP contribution < -0.4 is 16.0 Å². The fraction of sp³-hybridized carbons (Fsp3) is 0.713. The van der Waals surface area contributed by atoms with Crippen molar-refractivity contribution in [3.63, 3.8) is 0 Å². The van der Waals surface area contributed by atoms with Crippen molar-refractivity contribution >= 4 is 41.2 Å². The predicted molar refractivity (Wildman–Crippen MR) is 443 cm³/mol. The third-order valence-electron chi connectivity index (χ3n) is 25.8. The maximum atomic E-state index is 15.1. The van der Waals surface area contributed by atoms with Crippen molar-refractivity contribution in [3.8, 4) is 0 Å². The summed E-state index contributed by atoms with van der Waals surface area (Å²) in [6, 6.07) is 11.4. The van der Waals surface area contributed by atoms with E-state index in [1.165, 1.54) is 30.3 Å². The van der Waals surface area contributed by atoms with E-state index in [2.05, 4.69) is 138 Å². The molecular weight excluding hydrogens is 1470 g/mol. The fourth-order valence-electron chi connectivity index (χ4n) is 21.4. The number of ketones is 1. The molecular formula is C94H141F6N7O8. The van der Waals surface area contributed by atoms with E-state index in [0.29, 0.717) is 118 Å². The van der Waals surface area contributed by atoms with Gasteiger partial charge in [-0.15, -0.1) is 0 Å². The minimum absolute atomic E-state index is 0.00981. The number of hydrogen-bond donors (Lipinski definition) is 3. The van der Waals surface area contributed by atoms with Gasteiger partial charge in [-0.2, -0.15) is 0 Å². The predicted octanol–water partition coefficient (Wildman–Crippen LogP) is 18.8. The zero-order chi connectivity index (χ0) is 85.2. The van der Waals surface area contributed by atoms with Crippen LogP contribution in [0.3, 0.4) is 0 Å². The number of carbonyl (C=O) groups is 7. The standard InChI is InChI=1S/C35H55F2N3O3.C30H44F2N2O2.C29H42F2N2O3/c1-23(41)38-35(5,6)22-25(21-34(2,3)4)24-10-14-40(15-11-24)33(42)31-20-28(39(7)27-12-16-43-17-13-27)19-30(31)29-9-8-26(36)18-32(29)37;1-19-14-25(24-9-8-23(31)16-27(24)32)26(15-19)28(36)34-12-10-21(11-13-34)22(17-29(3,4)5)18-30(6,7)33-20(2)35;1-18(34)32-29(5,6)17-20(16-28(2,3)4)19-9-11-33(12-10-19)27(36)25-15-22(35)14-24(25)23-8-7-21(30)13-26(23)31/h8-9,18,24-25,27-28,30-31H,10-17,19-22H2,1-7H3,(H,38,41);8-9,16,21-22,25-26H,1,10-15,17-18H2,2-7H3,(H,33,35);7-8,13,19-20,24-25H,9-12,14-17H2,1-6H3,(H,32,34)/t25?,28?,30-,31+;22?,25-,26+;20?,24-,25+/m000/s1. The van der Waals surface area contributed by atoms with Crippen LogP contribution in [0.4, 0.5) is 26.3 Å². The molecule has 115 heavy (non-hydrogen) atoms. The van der Waals surface area contributed by atoms with Crippen LogP contribution >= 0.6 is 0 Å². The molecule has 4 unspecified atom stereocenters. The molecule has 7 fully saturated rings. The van der Waals surface area contributed by atoms with Crippen LogP contribution in [-0.2, 0) is 38.3 Å². The Balaban J connectivity index is 0.000000217. The quantitative estimate of drug-likeness (QED) is 0.0616. The number of nitrogens with zero attached hydrogens (tertiary/aromatic N) is 4. The average Bonchev–Trinajstić information content (AvgIpc) is 1.55. The Morgan fingerprint density at radius 1 is 0.426 bits per heavy atom. The molecule has 3 aromatic carbocycles. The second kappa shape index (κ2) is 39.5. The van der Waals surface area contributed by atoms with Gasteiger partial charge in [0.2, 0.25) is 35.4 Å². The van der Waals surface area contributed by atoms with Crippen molar-refractivity contribution in [2.24, 2.45) is 69.5 Å². The van der Waals surface area contributed by atoms with Crippen LogP contribution in [0.1, 0.15) is 287 Å². The summed E-state index contributed by atoms with van der Waals surface area (Å²) in [6.07, 6.45) is 15.9. The first-order valence-corrected chi connectivity index (χ1v) is 43.0. The first-order chi connectivity index (χ1) is 53.4. The van der Waals surface area contributed by atoms with Gasteiger partial charge in [0.25, 0.3) is 0 Å². The van der Waals surface area contributed by atoms with Crippen LogP contribution in [0.15, 0.2) is 66.7 Å². The molecule has 3 aliphatic carbocycles. The molecule has 15 nitrogen and oxygen atoms in total. The molecule has 10 rings (SSSR count). The topological polar surface area (TPSA) is 178 Å². The SMILES string of the molecule is C=C1C[C@@H](C(=O)N2CCC(C(CC(C)(C)C)CC(C)(C)NC(C)=O)CC2)[C@H](c2ccc(F)cc2F)C1.CC(=O)NC(C)(C)CC(CC(C)(C)C)C1CCN(C(=O)[C@@H]2CC(=O)C[C@H]2c2ccc(F)cc2F)CC1.CC(=O)NC(C)(C)CC(CC(C)(C)C)C1CCN(C(=O)[C@@H]2CC(N(C)C3CCOCC3)C[C@H]2c2ccc(F)cc2F)CC1. The van der Waals surface area contributed by atoms with Crippen LogP contribution in [0, 0.1) is 104 Å². The van der Waals surface area contributed by atoms with Gasteiger partial charge in [-0.25, -0.2) is 26.3 Å². The molecule has 21 heteroatoms. The van der Waals surface area contributed by atoms with Gasteiger partial charge in [-0.05, 0) is 257 Å². The molecule has 0 bridgehead atoms. The summed E-state index contributed by atoms with van der Waals surface area (Å²) in [5.41, 5.74) is 1.64. The van der Waals surface area contributed by atoms with Crippen molar-refractivity contribution in [1.29, 1.82) is 0 Å². The largest absolute Gasteiger partial charge is 0.381 e. The highest BCUT2D eigenvalue weighted by Crippen LogP contribution is 2.50. The minimum atomic E-state index is -0.696. The molecule has 4 heterocycles. The third-order valence-corrected chi connectivity index (χ3v) is 25.8. The highest BCUT2D eigenvalue weighted by molar-refractivity contribution is 5.92. The van der Waals surface area contributed by atoms with Gasteiger partial charge in [0.1, 0.15) is 40.7 Å². The molecule has 3 aromatic rings. The van der Waals surface area contributed by atoms with E-state index in [1.807, 2.05) is 14.7 Å². The van der Waals surface area contributed by atoms with Gasteiger partial charge >= 0.3 is 0 Å². The number of ether oxygens (including phenoxy) is 1. The van der Waals surface area contributed by atoms with Crippen LogP contribution in [0.2, 0.25) is 0 Å². The number of amides is 6. The summed E-state index contributed by atoms with van der Waals surface area (Å²) < 4.78 is 90.5. The van der Waals surface area contributed by atoms with Gasteiger partial charge < -0.3 is 40.3 Å². The summed E-state index contributed by atoms with van der Waals surface area (Å²) >= 11 is 0. The molecule has 10 atom stereocenters. The summed E-state index contributed by atoms with van der Waals surface area (Å²) in [5, 5.41) is 9.32. The average molecular weight is 1610 g/mol. The fourth-order valence-corrected chi connectivity index (χ4v) is 21.4. The Kier molecular flexibility index (Phi) is 32.3. The number of rotatable bonds is 23. The molecule has 4 saturated heterocycles. The molecule has 0 aromatic heterocycles. The van der Waals surface area contributed by atoms with E-state index in [-0.39, 0.29) is 122 Å². The van der Waals surface area contributed by atoms with Gasteiger partial charge in [0, 0.05) is 157 Å². The highest BCUT2D eigenvalue weighted by atomic mass is 19.2. The summed E-state index contributed by atoms with van der Waals surface area (Å²) in [6.45, 7) is 47.0. The number of carbonyl (C=O) groups excluding carboxylic acids is 7. The maximum absolute atomic E-state index is 15.1. The molecule has 0 spiro atoms. The lowest BCUT2D eigenvalue weighted by atomic mass is 9.70. The first kappa shape index (κ1) is 93.9. The smallest absolute Gasteiger partial charge is 0.226 e. The van der Waals surface area contributed by atoms with Crippen LogP contribution in [0.5, 0.6) is 0 Å². The van der Waals surface area contributed by atoms with Gasteiger partial charge in [0.05, 0.1) is 5.92 Å². The number of likely N-dealkylation sites (tertiary alicyclic amines) is 3. The minimum Gasteiger partial charge on any atom is -0.381 e. The zero-order valence-corrected chi connectivity index (χ0v) is 73.1. The van der Waals surface area contributed by atoms with Crippen molar-refractivity contribution in [1.82, 2.24) is 35.6 Å². The normalized spacial score (nSPS) is 23.6. The van der Waals surface area contributed by atoms with Gasteiger partial charge in [0.15, 0.2) is 0 Å². The van der Waals surface area contributed by atoms with Crippen molar-refractivity contribution in [2.45, 2.75) is 299 Å². The number of hydrogen-bond acceptors (Lipinski definition) is 9. The van der Waals surface area contributed by atoms with Gasteiger partial charge in [-0.1, -0.05) is 92.7 Å². The van der Waals surface area contributed by atoms with E-state index in [9.17, 15) is 55.5 Å². The second-order valence-electron chi connectivity index (χ2n) is 41.2. The van der Waals surface area contributed by atoms with Crippen molar-refractivity contribution in [3.05, 3.63) is 118 Å². The molecule has 3 N–H and O–H groups in total.